The number of alkyl halides is 2. The molecule has 1 rings (SSSR count). The molecule has 0 aliphatic heterocycles. The van der Waals surface area contributed by atoms with Crippen LogP contribution < -0.4 is 0 Å². The number of nitrogens with one attached hydrogen (secondary N) is 1. The van der Waals surface area contributed by atoms with Crippen molar-refractivity contribution in [1.82, 2.24) is 9.97 Å². The number of halogens is 2. The second-order valence-corrected chi connectivity index (χ2v) is 1.75. The molecule has 3 nitrogen and oxygen atoms in total. The van der Waals surface area contributed by atoms with Crippen LogP contribution in [0.2, 0.25) is 0 Å². The highest BCUT2D eigenvalue weighted by Crippen LogP contribution is 2.15. The van der Waals surface area contributed by atoms with Gasteiger partial charge in [0.25, 0.3) is 6.43 Å². The van der Waals surface area contributed by atoms with Crippen LogP contribution in [0, 0.1) is 0 Å². The fourth-order valence-electron chi connectivity index (χ4n) is 0.559. The maximum Gasteiger partial charge on any atom is 0.271 e. The van der Waals surface area contributed by atoms with Crippen molar-refractivity contribution in [1.29, 1.82) is 0 Å². The molecular weight excluding hydrogens is 142 g/mol. The summed E-state index contributed by atoms with van der Waals surface area (Å²) in [5, 5.41) is 8.64. The highest BCUT2D eigenvalue weighted by molar-refractivity contribution is 4.92. The van der Waals surface area contributed by atoms with Crippen LogP contribution in [0.4, 0.5) is 8.78 Å². The van der Waals surface area contributed by atoms with Gasteiger partial charge in [-0.1, -0.05) is 0 Å². The van der Waals surface area contributed by atoms with Crippen molar-refractivity contribution in [3.8, 4) is 0 Å². The first-order valence-electron chi connectivity index (χ1n) is 2.67. The molecule has 0 fully saturated rings. The Bertz CT molecular complexity index is 188. The number of hydrogen-bond donors (Lipinski definition) is 2. The zero-order chi connectivity index (χ0) is 7.56. The number of H-pyrrole nitrogens is 1. The van der Waals surface area contributed by atoms with E-state index in [1.54, 1.807) is 0 Å². The molecule has 1 atom stereocenters. The van der Waals surface area contributed by atoms with E-state index >= 15 is 0 Å². The molecule has 0 spiro atoms. The van der Waals surface area contributed by atoms with Crippen LogP contribution in [0.25, 0.3) is 0 Å². The summed E-state index contributed by atoms with van der Waals surface area (Å²) in [5.41, 5.74) is 0. The number of aliphatic hydroxyl groups is 1. The molecule has 0 aromatic carbocycles. The minimum atomic E-state index is -2.79. The first-order chi connectivity index (χ1) is 4.72. The number of rotatable bonds is 2. The molecule has 2 N–H and O–H groups in total. The Kier molecular flexibility index (Phi) is 1.96. The molecule has 0 saturated heterocycles. The lowest BCUT2D eigenvalue weighted by Gasteiger charge is -2.03. The smallest absolute Gasteiger partial charge is 0.271 e. The van der Waals surface area contributed by atoms with Gasteiger partial charge in [0.2, 0.25) is 0 Å². The quantitative estimate of drug-likeness (QED) is 0.648. The molecule has 10 heavy (non-hydrogen) atoms. The van der Waals surface area contributed by atoms with Gasteiger partial charge in [0.05, 0.1) is 0 Å². The van der Waals surface area contributed by atoms with Gasteiger partial charge in [-0.25, -0.2) is 13.8 Å². The van der Waals surface area contributed by atoms with Crippen LogP contribution in [0.3, 0.4) is 0 Å². The lowest BCUT2D eigenvalue weighted by Crippen LogP contribution is -2.09. The Morgan fingerprint density at radius 2 is 2.30 bits per heavy atom. The predicted molar refractivity (Wildman–Crippen MR) is 29.6 cm³/mol. The number of nitrogens with zero attached hydrogens (tertiary/aromatic N) is 1. The van der Waals surface area contributed by atoms with Crippen LogP contribution in [-0.2, 0) is 0 Å². The van der Waals surface area contributed by atoms with Gasteiger partial charge in [0.15, 0.2) is 6.10 Å². The lowest BCUT2D eigenvalue weighted by molar-refractivity contribution is -0.0104. The van der Waals surface area contributed by atoms with E-state index in [2.05, 4.69) is 9.97 Å². The average Bonchev–Trinajstić information content (AvgIpc) is 2.36. The summed E-state index contributed by atoms with van der Waals surface area (Å²) >= 11 is 0. The lowest BCUT2D eigenvalue weighted by atomic mass is 10.3. The SMILES string of the molecule is OC(c1ncc[nH]1)C(F)F. The summed E-state index contributed by atoms with van der Waals surface area (Å²) in [7, 11) is 0. The van der Waals surface area contributed by atoms with Crippen molar-refractivity contribution in [3.05, 3.63) is 18.2 Å². The summed E-state index contributed by atoms with van der Waals surface area (Å²) in [4.78, 5) is 5.83. The zero-order valence-electron chi connectivity index (χ0n) is 4.96. The molecule has 56 valence electrons. The average molecular weight is 148 g/mol. The molecule has 0 amide bonds. The van der Waals surface area contributed by atoms with E-state index in [-0.39, 0.29) is 5.82 Å². The van der Waals surface area contributed by atoms with Crippen molar-refractivity contribution >= 4 is 0 Å². The van der Waals surface area contributed by atoms with Gasteiger partial charge in [-0.05, 0) is 0 Å². The fourth-order valence-corrected chi connectivity index (χ4v) is 0.559. The van der Waals surface area contributed by atoms with E-state index < -0.39 is 12.5 Å². The number of imidazole rings is 1. The third-order valence-electron chi connectivity index (χ3n) is 1.04. The Balaban J connectivity index is 2.68. The van der Waals surface area contributed by atoms with Gasteiger partial charge >= 0.3 is 0 Å². The topological polar surface area (TPSA) is 48.9 Å². The Morgan fingerprint density at radius 1 is 1.60 bits per heavy atom. The minimum Gasteiger partial charge on any atom is -0.379 e. The van der Waals surface area contributed by atoms with Gasteiger partial charge in [0.1, 0.15) is 5.82 Å². The van der Waals surface area contributed by atoms with Crippen molar-refractivity contribution in [2.75, 3.05) is 0 Å². The van der Waals surface area contributed by atoms with Crippen molar-refractivity contribution in [3.63, 3.8) is 0 Å². The molecule has 5 heteroatoms. The Hall–Kier alpha value is -0.970. The van der Waals surface area contributed by atoms with Gasteiger partial charge in [-0.15, -0.1) is 0 Å². The standard InChI is InChI=1S/C5H6F2N2O/c6-4(7)3(10)5-8-1-2-9-5/h1-4,10H,(H,8,9). The normalized spacial score (nSPS) is 14.0. The van der Waals surface area contributed by atoms with Gasteiger partial charge < -0.3 is 10.1 Å². The van der Waals surface area contributed by atoms with E-state index in [0.29, 0.717) is 0 Å². The van der Waals surface area contributed by atoms with Crippen LogP contribution >= 0.6 is 0 Å². The summed E-state index contributed by atoms with van der Waals surface area (Å²) in [6, 6.07) is 0. The van der Waals surface area contributed by atoms with Gasteiger partial charge in [-0.2, -0.15) is 0 Å². The predicted octanol–water partition coefficient (Wildman–Crippen LogP) is 0.708. The number of aromatic amines is 1. The molecule has 1 aromatic heterocycles. The number of aliphatic hydroxyl groups excluding tert-OH is 1. The number of hydrogen-bond acceptors (Lipinski definition) is 2. The number of aromatic nitrogens is 2. The van der Waals surface area contributed by atoms with Crippen LogP contribution in [0.15, 0.2) is 12.4 Å². The highest BCUT2D eigenvalue weighted by atomic mass is 19.3. The van der Waals surface area contributed by atoms with E-state index in [1.807, 2.05) is 0 Å². The minimum absolute atomic E-state index is 0.102. The molecule has 1 heterocycles. The molecule has 1 aromatic rings. The fraction of sp³-hybridized carbons (Fsp3) is 0.400. The van der Waals surface area contributed by atoms with E-state index in [0.717, 1.165) is 0 Å². The van der Waals surface area contributed by atoms with Crippen molar-refractivity contribution in [2.45, 2.75) is 12.5 Å². The highest BCUT2D eigenvalue weighted by Gasteiger charge is 2.20. The maximum absolute atomic E-state index is 11.7. The third-order valence-corrected chi connectivity index (χ3v) is 1.04. The van der Waals surface area contributed by atoms with Crippen LogP contribution in [-0.4, -0.2) is 21.5 Å². The Morgan fingerprint density at radius 3 is 2.70 bits per heavy atom. The van der Waals surface area contributed by atoms with Gasteiger partial charge in [-0.3, -0.25) is 0 Å². The molecule has 0 aliphatic carbocycles. The van der Waals surface area contributed by atoms with E-state index in [4.69, 9.17) is 5.11 Å². The summed E-state index contributed by atoms with van der Waals surface area (Å²) < 4.78 is 23.4. The second kappa shape index (κ2) is 2.74. The third kappa shape index (κ3) is 1.30. The van der Waals surface area contributed by atoms with Gasteiger partial charge in [0, 0.05) is 12.4 Å². The second-order valence-electron chi connectivity index (χ2n) is 1.75. The maximum atomic E-state index is 11.7. The van der Waals surface area contributed by atoms with E-state index in [1.165, 1.54) is 12.4 Å². The van der Waals surface area contributed by atoms with Crippen molar-refractivity contribution in [2.24, 2.45) is 0 Å². The molecule has 0 aliphatic rings. The molecular formula is C5H6F2N2O. The zero-order valence-corrected chi connectivity index (χ0v) is 4.96. The largest absolute Gasteiger partial charge is 0.379 e. The van der Waals surface area contributed by atoms with Crippen LogP contribution in [0.5, 0.6) is 0 Å². The molecule has 0 saturated carbocycles. The first kappa shape index (κ1) is 7.14. The van der Waals surface area contributed by atoms with E-state index in [9.17, 15) is 8.78 Å². The Labute approximate surface area is 55.7 Å². The summed E-state index contributed by atoms with van der Waals surface area (Å²) in [6.07, 6.45) is -1.90. The van der Waals surface area contributed by atoms with Crippen molar-refractivity contribution < 1.29 is 13.9 Å². The monoisotopic (exact) mass is 148 g/mol. The molecule has 1 unspecified atom stereocenters. The summed E-state index contributed by atoms with van der Waals surface area (Å²) in [5.74, 6) is -0.102. The molecule has 0 bridgehead atoms. The summed E-state index contributed by atoms with van der Waals surface area (Å²) in [6.45, 7) is 0. The van der Waals surface area contributed by atoms with Crippen LogP contribution in [0.1, 0.15) is 11.9 Å². The first-order valence-corrected chi connectivity index (χ1v) is 2.67. The molecule has 0 radical (unpaired) electrons.